The molecule has 5 aromatic rings. The van der Waals surface area contributed by atoms with E-state index in [1.165, 1.54) is 0 Å². The van der Waals surface area contributed by atoms with Crippen molar-refractivity contribution in [3.63, 3.8) is 0 Å². The third kappa shape index (κ3) is 4.69. The highest BCUT2D eigenvalue weighted by atomic mass is 16.7. The maximum absolute atomic E-state index is 12.2. The largest absolute Gasteiger partial charge is 0.454 e. The van der Waals surface area contributed by atoms with Gasteiger partial charge in [-0.3, -0.25) is 5.32 Å². The van der Waals surface area contributed by atoms with E-state index in [1.54, 1.807) is 13.0 Å². The number of amides is 1. The Morgan fingerprint density at radius 3 is 2.37 bits per heavy atom. The lowest BCUT2D eigenvalue weighted by Gasteiger charge is -2.21. The average molecular weight is 508 g/mol. The van der Waals surface area contributed by atoms with Crippen molar-refractivity contribution < 1.29 is 19.0 Å². The summed E-state index contributed by atoms with van der Waals surface area (Å²) in [6, 6.07) is 27.4. The Kier molecular flexibility index (Phi) is 6.23. The summed E-state index contributed by atoms with van der Waals surface area (Å²) < 4.78 is 16.1. The van der Waals surface area contributed by atoms with E-state index in [-0.39, 0.29) is 19.4 Å². The number of nitrogens with zero attached hydrogens (tertiary/aromatic N) is 2. The second kappa shape index (κ2) is 10.1. The zero-order valence-corrected chi connectivity index (χ0v) is 20.6. The predicted octanol–water partition coefficient (Wildman–Crippen LogP) is 6.12. The predicted molar refractivity (Wildman–Crippen MR) is 144 cm³/mol. The van der Waals surface area contributed by atoms with Gasteiger partial charge in [0.25, 0.3) is 0 Å². The number of anilines is 2. The fourth-order valence-corrected chi connectivity index (χ4v) is 4.42. The van der Waals surface area contributed by atoms with Gasteiger partial charge in [0.1, 0.15) is 17.2 Å². The highest BCUT2D eigenvalue weighted by molar-refractivity contribution is 5.93. The molecule has 0 aliphatic carbocycles. The first-order chi connectivity index (χ1) is 18.7. The number of fused-ring (bicyclic) bond motifs is 2. The lowest BCUT2D eigenvalue weighted by Crippen LogP contribution is -2.17. The molecule has 9 nitrogen and oxygen atoms in total. The maximum atomic E-state index is 12.2. The minimum atomic E-state index is -0.580. The Morgan fingerprint density at radius 2 is 1.66 bits per heavy atom. The standard InChI is InChI=1S/C29H25N5O4/c1-2-36-29(35)32-24-16-21-26(34-27(30-21)20-13-14-22-23(15-20)38-17-37-22)28(31-24)33-25(18-9-5-3-6-10-18)19-11-7-4-8-12-19/h3-16,25H,2,17H2,1H3,(H,30,34)(H2,31,32,33,35). The molecule has 1 aliphatic heterocycles. The maximum Gasteiger partial charge on any atom is 0.412 e. The molecule has 1 aliphatic rings. The number of rotatable bonds is 7. The van der Waals surface area contributed by atoms with E-state index in [9.17, 15) is 4.79 Å². The molecule has 190 valence electrons. The van der Waals surface area contributed by atoms with Gasteiger partial charge >= 0.3 is 6.09 Å². The lowest BCUT2D eigenvalue weighted by atomic mass is 9.99. The van der Waals surface area contributed by atoms with Gasteiger partial charge in [0, 0.05) is 11.6 Å². The molecule has 0 bridgehead atoms. The van der Waals surface area contributed by atoms with E-state index >= 15 is 0 Å². The second-order valence-electron chi connectivity index (χ2n) is 8.65. The number of carbonyl (C=O) groups excluding carboxylic acids is 1. The number of H-pyrrole nitrogens is 1. The molecular formula is C29H25N5O4. The molecule has 1 amide bonds. The van der Waals surface area contributed by atoms with Crippen molar-refractivity contribution in [1.82, 2.24) is 15.0 Å². The molecule has 9 heteroatoms. The van der Waals surface area contributed by atoms with Crippen molar-refractivity contribution in [2.24, 2.45) is 0 Å². The van der Waals surface area contributed by atoms with Crippen molar-refractivity contribution in [1.29, 1.82) is 0 Å². The quantitative estimate of drug-likeness (QED) is 0.243. The van der Waals surface area contributed by atoms with Crippen molar-refractivity contribution in [3.8, 4) is 22.9 Å². The normalized spacial score (nSPS) is 12.1. The third-order valence-corrected chi connectivity index (χ3v) is 6.17. The van der Waals surface area contributed by atoms with Crippen LogP contribution in [0.1, 0.15) is 24.1 Å². The van der Waals surface area contributed by atoms with E-state index < -0.39 is 6.09 Å². The van der Waals surface area contributed by atoms with Crippen LogP contribution in [0.2, 0.25) is 0 Å². The molecule has 0 saturated carbocycles. The number of carbonyl (C=O) groups is 1. The summed E-state index contributed by atoms with van der Waals surface area (Å²) in [6.45, 7) is 2.20. The minimum Gasteiger partial charge on any atom is -0.454 e. The van der Waals surface area contributed by atoms with Crippen LogP contribution in [-0.4, -0.2) is 34.4 Å². The molecule has 3 N–H and O–H groups in total. The molecule has 6 rings (SSSR count). The highest BCUT2D eigenvalue weighted by Crippen LogP contribution is 2.37. The van der Waals surface area contributed by atoms with Gasteiger partial charge in [-0.25, -0.2) is 14.8 Å². The van der Waals surface area contributed by atoms with Crippen LogP contribution >= 0.6 is 0 Å². The molecule has 0 unspecified atom stereocenters. The number of benzene rings is 3. The van der Waals surface area contributed by atoms with Crippen LogP contribution in [0.4, 0.5) is 16.4 Å². The zero-order valence-electron chi connectivity index (χ0n) is 20.6. The molecule has 38 heavy (non-hydrogen) atoms. The SMILES string of the molecule is CCOC(=O)Nc1cc2[nH]c(-c3ccc4c(c3)OCO4)nc2c(NC(c2ccccc2)c2ccccc2)n1. The molecule has 0 saturated heterocycles. The lowest BCUT2D eigenvalue weighted by molar-refractivity contribution is 0.168. The van der Waals surface area contributed by atoms with Gasteiger partial charge in [-0.15, -0.1) is 0 Å². The Bertz CT molecular complexity index is 1550. The van der Waals surface area contributed by atoms with Crippen LogP contribution in [0.15, 0.2) is 84.9 Å². The summed E-state index contributed by atoms with van der Waals surface area (Å²) in [5.41, 5.74) is 4.28. The summed E-state index contributed by atoms with van der Waals surface area (Å²) >= 11 is 0. The number of aromatic nitrogens is 3. The molecular weight excluding hydrogens is 482 g/mol. The number of aromatic amines is 1. The summed E-state index contributed by atoms with van der Waals surface area (Å²) in [4.78, 5) is 25.2. The zero-order chi connectivity index (χ0) is 25.9. The number of nitrogens with one attached hydrogen (secondary N) is 3. The van der Waals surface area contributed by atoms with Gasteiger partial charge in [0.15, 0.2) is 17.3 Å². The van der Waals surface area contributed by atoms with Crippen molar-refractivity contribution in [3.05, 3.63) is 96.1 Å². The van der Waals surface area contributed by atoms with E-state index in [1.807, 2.05) is 54.6 Å². The Balaban J connectivity index is 1.45. The topological polar surface area (TPSA) is 110 Å². The van der Waals surface area contributed by atoms with Crippen LogP contribution in [0, 0.1) is 0 Å². The van der Waals surface area contributed by atoms with Crippen LogP contribution < -0.4 is 20.1 Å². The highest BCUT2D eigenvalue weighted by Gasteiger charge is 2.21. The van der Waals surface area contributed by atoms with E-state index in [0.717, 1.165) is 16.7 Å². The van der Waals surface area contributed by atoms with Gasteiger partial charge < -0.3 is 24.5 Å². The Hall–Kier alpha value is -5.05. The number of hydrogen-bond acceptors (Lipinski definition) is 7. The summed E-state index contributed by atoms with van der Waals surface area (Å²) in [5, 5.41) is 6.29. The molecule has 2 aromatic heterocycles. The van der Waals surface area contributed by atoms with Gasteiger partial charge in [-0.05, 0) is 36.2 Å². The number of imidazole rings is 1. The second-order valence-corrected chi connectivity index (χ2v) is 8.65. The van der Waals surface area contributed by atoms with Crippen LogP contribution in [0.25, 0.3) is 22.4 Å². The monoisotopic (exact) mass is 507 g/mol. The minimum absolute atomic E-state index is 0.195. The molecule has 0 radical (unpaired) electrons. The fraction of sp³-hybridized carbons (Fsp3) is 0.138. The Morgan fingerprint density at radius 1 is 0.947 bits per heavy atom. The summed E-state index contributed by atoms with van der Waals surface area (Å²) in [7, 11) is 0. The smallest absolute Gasteiger partial charge is 0.412 e. The average Bonchev–Trinajstić information content (AvgIpc) is 3.59. The van der Waals surface area contributed by atoms with Crippen molar-refractivity contribution in [2.75, 3.05) is 24.0 Å². The van der Waals surface area contributed by atoms with Crippen LogP contribution in [0.5, 0.6) is 11.5 Å². The summed E-state index contributed by atoms with van der Waals surface area (Å²) in [6.07, 6.45) is -0.580. The number of pyridine rings is 1. The van der Waals surface area contributed by atoms with Gasteiger partial charge in [0.05, 0.1) is 18.2 Å². The van der Waals surface area contributed by atoms with Crippen molar-refractivity contribution in [2.45, 2.75) is 13.0 Å². The molecule has 0 spiro atoms. The Labute approximate surface area is 218 Å². The first-order valence-electron chi connectivity index (χ1n) is 12.3. The first kappa shape index (κ1) is 23.4. The third-order valence-electron chi connectivity index (χ3n) is 6.17. The molecule has 0 fully saturated rings. The molecule has 3 heterocycles. The first-order valence-corrected chi connectivity index (χ1v) is 12.3. The number of hydrogen-bond donors (Lipinski definition) is 3. The molecule has 3 aromatic carbocycles. The van der Waals surface area contributed by atoms with Crippen LogP contribution in [-0.2, 0) is 4.74 Å². The van der Waals surface area contributed by atoms with Crippen LogP contribution in [0.3, 0.4) is 0 Å². The van der Waals surface area contributed by atoms with E-state index in [2.05, 4.69) is 39.9 Å². The number of ether oxygens (including phenoxy) is 3. The van der Waals surface area contributed by atoms with Crippen molar-refractivity contribution >= 4 is 28.8 Å². The van der Waals surface area contributed by atoms with Gasteiger partial charge in [-0.1, -0.05) is 60.7 Å². The summed E-state index contributed by atoms with van der Waals surface area (Å²) in [5.74, 6) is 2.84. The molecule has 0 atom stereocenters. The van der Waals surface area contributed by atoms with Gasteiger partial charge in [0.2, 0.25) is 6.79 Å². The van der Waals surface area contributed by atoms with E-state index in [4.69, 9.17) is 24.2 Å². The van der Waals surface area contributed by atoms with Gasteiger partial charge in [-0.2, -0.15) is 0 Å². The van der Waals surface area contributed by atoms with E-state index in [0.29, 0.717) is 40.0 Å². The fourth-order valence-electron chi connectivity index (χ4n) is 4.42.